The Bertz CT molecular complexity index is 628. The van der Waals surface area contributed by atoms with E-state index < -0.39 is 15.6 Å². The maximum atomic E-state index is 12.5. The van der Waals surface area contributed by atoms with Gasteiger partial charge in [-0.15, -0.1) is 0 Å². The molecule has 0 spiro atoms. The van der Waals surface area contributed by atoms with Crippen molar-refractivity contribution >= 4 is 15.9 Å². The molecule has 1 aromatic heterocycles. The molecule has 0 aliphatic carbocycles. The molecule has 0 radical (unpaired) electrons. The number of rotatable bonds is 4. The third kappa shape index (κ3) is 2.94. The predicted octanol–water partition coefficient (Wildman–Crippen LogP) is -0.559. The van der Waals surface area contributed by atoms with Crippen LogP contribution < -0.4 is 5.73 Å². The number of piperazine rings is 1. The average Bonchev–Trinajstić information content (AvgIpc) is 2.86. The summed E-state index contributed by atoms with van der Waals surface area (Å²) in [6, 6.07) is 0. The first-order valence-electron chi connectivity index (χ1n) is 6.73. The number of aromatic nitrogens is 2. The number of imidazole rings is 1. The van der Waals surface area contributed by atoms with Crippen LogP contribution in [0.25, 0.3) is 0 Å². The van der Waals surface area contributed by atoms with E-state index in [1.54, 1.807) is 11.6 Å². The highest BCUT2D eigenvalue weighted by molar-refractivity contribution is 7.89. The zero-order valence-electron chi connectivity index (χ0n) is 12.6. The molecule has 1 fully saturated rings. The number of hydrogen-bond donors (Lipinski definition) is 2. The Morgan fingerprint density at radius 3 is 2.33 bits per heavy atom. The minimum atomic E-state index is -3.54. The van der Waals surface area contributed by atoms with Gasteiger partial charge in [0.1, 0.15) is 5.84 Å². The molecule has 21 heavy (non-hydrogen) atoms. The highest BCUT2D eigenvalue weighted by Crippen LogP contribution is 2.20. The van der Waals surface area contributed by atoms with Gasteiger partial charge < -0.3 is 10.3 Å². The highest BCUT2D eigenvalue weighted by atomic mass is 32.2. The number of amidine groups is 1. The van der Waals surface area contributed by atoms with Gasteiger partial charge in [0, 0.05) is 39.4 Å². The van der Waals surface area contributed by atoms with Crippen LogP contribution in [0.1, 0.15) is 13.8 Å². The fourth-order valence-corrected chi connectivity index (χ4v) is 3.70. The summed E-state index contributed by atoms with van der Waals surface area (Å²) in [7, 11) is -1.81. The number of aryl methyl sites for hydroxylation is 1. The fourth-order valence-electron chi connectivity index (χ4n) is 2.31. The SMILES string of the molecule is Cn1cnc(S(=O)(=O)N2CCN(C(C)(C)C(=N)N)CC2)c1. The molecule has 1 aromatic rings. The van der Waals surface area contributed by atoms with Gasteiger partial charge >= 0.3 is 0 Å². The number of nitrogens with two attached hydrogens (primary N) is 1. The lowest BCUT2D eigenvalue weighted by molar-refractivity contribution is 0.121. The van der Waals surface area contributed by atoms with Gasteiger partial charge in [0.2, 0.25) is 0 Å². The van der Waals surface area contributed by atoms with Crippen molar-refractivity contribution in [1.82, 2.24) is 18.8 Å². The molecule has 0 unspecified atom stereocenters. The van der Waals surface area contributed by atoms with Crippen LogP contribution in [0, 0.1) is 5.41 Å². The second kappa shape index (κ2) is 5.39. The second-order valence-electron chi connectivity index (χ2n) is 5.74. The smallest absolute Gasteiger partial charge is 0.262 e. The summed E-state index contributed by atoms with van der Waals surface area (Å²) < 4.78 is 28.0. The van der Waals surface area contributed by atoms with E-state index in [0.29, 0.717) is 26.2 Å². The van der Waals surface area contributed by atoms with E-state index in [9.17, 15) is 8.42 Å². The molecule has 3 N–H and O–H groups in total. The molecule has 118 valence electrons. The van der Waals surface area contributed by atoms with Crippen molar-refractivity contribution in [3.05, 3.63) is 12.5 Å². The molecule has 0 atom stereocenters. The highest BCUT2D eigenvalue weighted by Gasteiger charge is 2.36. The Hall–Kier alpha value is -1.45. The van der Waals surface area contributed by atoms with Crippen LogP contribution in [0.3, 0.4) is 0 Å². The van der Waals surface area contributed by atoms with E-state index in [0.717, 1.165) is 0 Å². The van der Waals surface area contributed by atoms with Crippen LogP contribution in [-0.2, 0) is 17.1 Å². The Kier molecular flexibility index (Phi) is 4.09. The van der Waals surface area contributed by atoms with Gasteiger partial charge in [-0.2, -0.15) is 4.31 Å². The third-order valence-corrected chi connectivity index (χ3v) is 5.76. The first kappa shape index (κ1) is 15.9. The third-order valence-electron chi connectivity index (χ3n) is 3.97. The molecule has 0 bridgehead atoms. The molecule has 0 aromatic carbocycles. The van der Waals surface area contributed by atoms with Gasteiger partial charge in [-0.3, -0.25) is 10.3 Å². The molecule has 9 heteroatoms. The van der Waals surface area contributed by atoms with Crippen LogP contribution in [-0.4, -0.2) is 64.7 Å². The molecule has 1 saturated heterocycles. The summed E-state index contributed by atoms with van der Waals surface area (Å²) in [6.45, 7) is 5.57. The van der Waals surface area contributed by atoms with Crippen molar-refractivity contribution in [2.24, 2.45) is 12.8 Å². The summed E-state index contributed by atoms with van der Waals surface area (Å²) in [6.07, 6.45) is 2.98. The van der Waals surface area contributed by atoms with Crippen LogP contribution in [0.2, 0.25) is 0 Å². The molecule has 8 nitrogen and oxygen atoms in total. The molecule has 0 amide bonds. The molecular formula is C12H22N6O2S. The topological polar surface area (TPSA) is 108 Å². The van der Waals surface area contributed by atoms with Gasteiger partial charge in [0.25, 0.3) is 10.0 Å². The van der Waals surface area contributed by atoms with Crippen molar-refractivity contribution in [2.45, 2.75) is 24.4 Å². The summed E-state index contributed by atoms with van der Waals surface area (Å²) in [5, 5.41) is 7.71. The molecule has 2 rings (SSSR count). The van der Waals surface area contributed by atoms with Crippen molar-refractivity contribution in [2.75, 3.05) is 26.2 Å². The van der Waals surface area contributed by atoms with Gasteiger partial charge in [-0.25, -0.2) is 13.4 Å². The summed E-state index contributed by atoms with van der Waals surface area (Å²) in [4.78, 5) is 5.95. The first-order chi connectivity index (χ1) is 9.65. The molecule has 0 saturated carbocycles. The predicted molar refractivity (Wildman–Crippen MR) is 79.5 cm³/mol. The summed E-state index contributed by atoms with van der Waals surface area (Å²) >= 11 is 0. The normalized spacial score (nSPS) is 18.8. The van der Waals surface area contributed by atoms with Gasteiger partial charge in [0.05, 0.1) is 11.9 Å². The Morgan fingerprint density at radius 1 is 1.33 bits per heavy atom. The number of nitrogens with zero attached hydrogens (tertiary/aromatic N) is 4. The lowest BCUT2D eigenvalue weighted by Crippen LogP contribution is -2.60. The van der Waals surface area contributed by atoms with E-state index in [-0.39, 0.29) is 10.9 Å². The van der Waals surface area contributed by atoms with Gasteiger partial charge in [-0.05, 0) is 13.8 Å². The minimum absolute atomic E-state index is 0.0734. The van der Waals surface area contributed by atoms with Gasteiger partial charge in [-0.1, -0.05) is 0 Å². The average molecular weight is 314 g/mol. The Morgan fingerprint density at radius 2 is 1.90 bits per heavy atom. The zero-order chi connectivity index (χ0) is 15.8. The fraction of sp³-hybridized carbons (Fsp3) is 0.667. The molecule has 2 heterocycles. The monoisotopic (exact) mass is 314 g/mol. The van der Waals surface area contributed by atoms with E-state index in [1.807, 2.05) is 18.7 Å². The number of nitrogens with one attached hydrogen (secondary N) is 1. The molecule has 1 aliphatic rings. The Balaban J connectivity index is 2.09. The van der Waals surface area contributed by atoms with Crippen LogP contribution in [0.4, 0.5) is 0 Å². The van der Waals surface area contributed by atoms with Crippen molar-refractivity contribution in [1.29, 1.82) is 5.41 Å². The van der Waals surface area contributed by atoms with E-state index in [1.165, 1.54) is 16.8 Å². The Labute approximate surface area is 125 Å². The van der Waals surface area contributed by atoms with Crippen molar-refractivity contribution in [3.8, 4) is 0 Å². The quantitative estimate of drug-likeness (QED) is 0.572. The number of hydrogen-bond acceptors (Lipinski definition) is 5. The molecular weight excluding hydrogens is 292 g/mol. The van der Waals surface area contributed by atoms with E-state index in [2.05, 4.69) is 4.98 Å². The van der Waals surface area contributed by atoms with Crippen LogP contribution >= 0.6 is 0 Å². The maximum Gasteiger partial charge on any atom is 0.262 e. The summed E-state index contributed by atoms with van der Waals surface area (Å²) in [5.41, 5.74) is 5.06. The van der Waals surface area contributed by atoms with Crippen molar-refractivity contribution < 1.29 is 8.42 Å². The van der Waals surface area contributed by atoms with Gasteiger partial charge in [0.15, 0.2) is 5.03 Å². The zero-order valence-corrected chi connectivity index (χ0v) is 13.4. The summed E-state index contributed by atoms with van der Waals surface area (Å²) in [5.74, 6) is 0.0866. The minimum Gasteiger partial charge on any atom is -0.386 e. The lowest BCUT2D eigenvalue weighted by atomic mass is 10.0. The standard InChI is InChI=1S/C12H22N6O2S/c1-12(2,11(13)14)17-4-6-18(7-5-17)21(19,20)10-8-16(3)9-15-10/h8-9H,4-7H2,1-3H3,(H3,13,14). The van der Waals surface area contributed by atoms with Crippen LogP contribution in [0.15, 0.2) is 17.6 Å². The van der Waals surface area contributed by atoms with Crippen molar-refractivity contribution in [3.63, 3.8) is 0 Å². The van der Waals surface area contributed by atoms with E-state index >= 15 is 0 Å². The largest absolute Gasteiger partial charge is 0.386 e. The maximum absolute atomic E-state index is 12.5. The van der Waals surface area contributed by atoms with E-state index in [4.69, 9.17) is 11.1 Å². The molecule has 1 aliphatic heterocycles. The van der Waals surface area contributed by atoms with Crippen LogP contribution in [0.5, 0.6) is 0 Å². The second-order valence-corrected chi connectivity index (χ2v) is 7.63. The lowest BCUT2D eigenvalue weighted by Gasteiger charge is -2.42. The first-order valence-corrected chi connectivity index (χ1v) is 8.17. The number of sulfonamides is 1.